The molecule has 0 fully saturated rings. The van der Waals surface area contributed by atoms with Gasteiger partial charge in [0.2, 0.25) is 4.67 Å². The Morgan fingerprint density at radius 3 is 2.44 bits per heavy atom. The largest absolute Gasteiger partial charge is 0.391 e. The van der Waals surface area contributed by atoms with Crippen molar-refractivity contribution in [2.75, 3.05) is 0 Å². The lowest BCUT2D eigenvalue weighted by atomic mass is 10.1. The summed E-state index contributed by atoms with van der Waals surface area (Å²) in [6.07, 6.45) is 0. The summed E-state index contributed by atoms with van der Waals surface area (Å²) in [4.78, 5) is 0. The van der Waals surface area contributed by atoms with Crippen molar-refractivity contribution in [2.45, 2.75) is 6.61 Å². The van der Waals surface area contributed by atoms with Gasteiger partial charge in [0.25, 0.3) is 0 Å². The molecule has 1 aromatic carbocycles. The quantitative estimate of drug-likeness (QED) is 0.925. The van der Waals surface area contributed by atoms with E-state index in [2.05, 4.69) is 21.1 Å². The van der Waals surface area contributed by atoms with Crippen LogP contribution in [0.1, 0.15) is 5.56 Å². The maximum absolute atomic E-state index is 13.0. The predicted octanol–water partition coefficient (Wildman–Crippen LogP) is 2.87. The Morgan fingerprint density at radius 1 is 1.25 bits per heavy atom. The van der Waals surface area contributed by atoms with Crippen LogP contribution in [-0.2, 0) is 6.61 Å². The van der Waals surface area contributed by atoms with Gasteiger partial charge in [0.05, 0.1) is 12.2 Å². The topological polar surface area (TPSA) is 46.3 Å². The lowest BCUT2D eigenvalue weighted by molar-refractivity contribution is 0.278. The zero-order valence-corrected chi connectivity index (χ0v) is 9.46. The average Bonchev–Trinajstić information content (AvgIpc) is 2.58. The highest BCUT2D eigenvalue weighted by Gasteiger charge is 2.16. The fourth-order valence-electron chi connectivity index (χ4n) is 1.34. The van der Waals surface area contributed by atoms with Crippen LogP contribution in [0.15, 0.2) is 27.4 Å². The summed E-state index contributed by atoms with van der Waals surface area (Å²) in [5, 5.41) is 12.7. The first-order valence-corrected chi connectivity index (χ1v) is 5.12. The number of halogens is 3. The molecule has 0 amide bonds. The van der Waals surface area contributed by atoms with Crippen LogP contribution in [0.2, 0.25) is 0 Å². The Bertz CT molecular complexity index is 507. The second-order valence-corrected chi connectivity index (χ2v) is 3.82. The van der Waals surface area contributed by atoms with Gasteiger partial charge in [0, 0.05) is 11.6 Å². The zero-order chi connectivity index (χ0) is 11.7. The average molecular weight is 290 g/mol. The van der Waals surface area contributed by atoms with Crippen molar-refractivity contribution < 1.29 is 18.4 Å². The summed E-state index contributed by atoms with van der Waals surface area (Å²) in [6, 6.07) is 3.00. The molecule has 16 heavy (non-hydrogen) atoms. The monoisotopic (exact) mass is 289 g/mol. The molecule has 0 saturated heterocycles. The van der Waals surface area contributed by atoms with E-state index in [1.807, 2.05) is 0 Å². The molecule has 3 nitrogen and oxygen atoms in total. The summed E-state index contributed by atoms with van der Waals surface area (Å²) < 4.78 is 31.0. The molecule has 0 atom stereocenters. The van der Waals surface area contributed by atoms with E-state index in [1.54, 1.807) is 0 Å². The minimum absolute atomic E-state index is 0.216. The summed E-state index contributed by atoms with van der Waals surface area (Å²) in [5.41, 5.74) is 0.786. The van der Waals surface area contributed by atoms with Gasteiger partial charge in [-0.05, 0) is 28.1 Å². The van der Waals surface area contributed by atoms with Crippen molar-refractivity contribution in [2.24, 2.45) is 0 Å². The van der Waals surface area contributed by atoms with Crippen LogP contribution in [0.4, 0.5) is 8.78 Å². The van der Waals surface area contributed by atoms with E-state index in [-0.39, 0.29) is 22.5 Å². The fourth-order valence-corrected chi connectivity index (χ4v) is 1.73. The molecule has 0 aliphatic carbocycles. The Kier molecular flexibility index (Phi) is 3.02. The van der Waals surface area contributed by atoms with Gasteiger partial charge >= 0.3 is 0 Å². The molecular weight excluding hydrogens is 284 g/mol. The second kappa shape index (κ2) is 4.31. The highest BCUT2D eigenvalue weighted by Crippen LogP contribution is 2.29. The second-order valence-electron chi connectivity index (χ2n) is 3.10. The van der Waals surface area contributed by atoms with Crippen LogP contribution in [-0.4, -0.2) is 10.3 Å². The normalized spacial score (nSPS) is 10.8. The van der Waals surface area contributed by atoms with Crippen molar-refractivity contribution in [3.63, 3.8) is 0 Å². The molecule has 2 aromatic rings. The minimum atomic E-state index is -0.710. The molecule has 1 N–H and O–H groups in total. The molecule has 1 aromatic heterocycles. The molecule has 0 aliphatic rings. The van der Waals surface area contributed by atoms with Gasteiger partial charge in [-0.25, -0.2) is 8.78 Å². The van der Waals surface area contributed by atoms with Crippen LogP contribution in [0.3, 0.4) is 0 Å². The number of benzene rings is 1. The number of rotatable bonds is 2. The predicted molar refractivity (Wildman–Crippen MR) is 55.5 cm³/mol. The van der Waals surface area contributed by atoms with Gasteiger partial charge in [-0.3, -0.25) is 0 Å². The van der Waals surface area contributed by atoms with E-state index in [9.17, 15) is 8.78 Å². The van der Waals surface area contributed by atoms with E-state index in [0.29, 0.717) is 5.56 Å². The highest BCUT2D eigenvalue weighted by atomic mass is 79.9. The molecule has 6 heteroatoms. The van der Waals surface area contributed by atoms with E-state index < -0.39 is 11.6 Å². The number of hydrogen-bond acceptors (Lipinski definition) is 3. The Hall–Kier alpha value is -1.27. The van der Waals surface area contributed by atoms with E-state index in [1.165, 1.54) is 0 Å². The molecule has 1 heterocycles. The summed E-state index contributed by atoms with van der Waals surface area (Å²) in [6.45, 7) is -0.336. The molecule has 0 saturated carbocycles. The molecule has 0 aliphatic heterocycles. The van der Waals surface area contributed by atoms with E-state index in [0.717, 1.165) is 18.2 Å². The van der Waals surface area contributed by atoms with Crippen LogP contribution >= 0.6 is 15.9 Å². The number of nitrogens with zero attached hydrogens (tertiary/aromatic N) is 1. The van der Waals surface area contributed by atoms with Gasteiger partial charge in [-0.1, -0.05) is 5.16 Å². The van der Waals surface area contributed by atoms with Gasteiger partial charge in [-0.2, -0.15) is 0 Å². The van der Waals surface area contributed by atoms with Crippen molar-refractivity contribution in [1.82, 2.24) is 5.16 Å². The first kappa shape index (κ1) is 11.2. The first-order valence-electron chi connectivity index (χ1n) is 4.33. The third-order valence-electron chi connectivity index (χ3n) is 2.03. The van der Waals surface area contributed by atoms with Gasteiger partial charge in [0.1, 0.15) is 17.3 Å². The highest BCUT2D eigenvalue weighted by molar-refractivity contribution is 9.10. The van der Waals surface area contributed by atoms with Crippen molar-refractivity contribution >= 4 is 15.9 Å². The zero-order valence-electron chi connectivity index (χ0n) is 7.88. The van der Waals surface area contributed by atoms with Crippen molar-refractivity contribution in [3.8, 4) is 11.3 Å². The molecular formula is C10H6BrF2NO2. The summed E-state index contributed by atoms with van der Waals surface area (Å²) >= 11 is 3.03. The molecule has 2 rings (SSSR count). The lowest BCUT2D eigenvalue weighted by Gasteiger charge is -1.99. The standard InChI is InChI=1S/C10H6BrF2NO2/c11-10-8(4-15)9(14-16-10)5-1-6(12)3-7(13)2-5/h1-3,15H,4H2. The Labute approximate surface area is 97.8 Å². The van der Waals surface area contributed by atoms with Crippen LogP contribution in [0.25, 0.3) is 11.3 Å². The van der Waals surface area contributed by atoms with E-state index in [4.69, 9.17) is 9.63 Å². The molecule has 0 unspecified atom stereocenters. The van der Waals surface area contributed by atoms with E-state index >= 15 is 0 Å². The fraction of sp³-hybridized carbons (Fsp3) is 0.100. The molecule has 0 radical (unpaired) electrons. The van der Waals surface area contributed by atoms with Crippen LogP contribution in [0, 0.1) is 11.6 Å². The van der Waals surface area contributed by atoms with Crippen molar-refractivity contribution in [3.05, 3.63) is 40.1 Å². The molecule has 0 bridgehead atoms. The first-order chi connectivity index (χ1) is 7.61. The molecule has 84 valence electrons. The van der Waals surface area contributed by atoms with Gasteiger partial charge < -0.3 is 9.63 Å². The number of hydrogen-bond donors (Lipinski definition) is 1. The van der Waals surface area contributed by atoms with Crippen LogP contribution in [0.5, 0.6) is 0 Å². The van der Waals surface area contributed by atoms with Crippen LogP contribution < -0.4 is 0 Å². The minimum Gasteiger partial charge on any atom is -0.391 e. The summed E-state index contributed by atoms with van der Waals surface area (Å²) in [7, 11) is 0. The van der Waals surface area contributed by atoms with Crippen molar-refractivity contribution in [1.29, 1.82) is 0 Å². The number of aliphatic hydroxyl groups is 1. The number of aliphatic hydroxyl groups excluding tert-OH is 1. The third kappa shape index (κ3) is 1.98. The van der Waals surface area contributed by atoms with Gasteiger partial charge in [0.15, 0.2) is 0 Å². The van der Waals surface area contributed by atoms with Gasteiger partial charge in [-0.15, -0.1) is 0 Å². The smallest absolute Gasteiger partial charge is 0.208 e. The molecule has 0 spiro atoms. The summed E-state index contributed by atoms with van der Waals surface area (Å²) in [5.74, 6) is -1.42. The third-order valence-corrected chi connectivity index (χ3v) is 2.66. The lowest BCUT2D eigenvalue weighted by Crippen LogP contribution is -1.89. The SMILES string of the molecule is OCc1c(-c2cc(F)cc(F)c2)noc1Br. The Balaban J connectivity index is 2.58. The maximum Gasteiger partial charge on any atom is 0.208 e. The maximum atomic E-state index is 13.0. The number of aromatic nitrogens is 1. The Morgan fingerprint density at radius 2 is 1.88 bits per heavy atom.